The van der Waals surface area contributed by atoms with Crippen molar-refractivity contribution in [2.75, 3.05) is 0 Å². The minimum atomic E-state index is -0.209. The summed E-state index contributed by atoms with van der Waals surface area (Å²) in [6, 6.07) is 5.28. The average molecular weight is 326 g/mol. The molecule has 1 aromatic carbocycles. The molecule has 2 aromatic rings. The quantitative estimate of drug-likeness (QED) is 0.916. The fourth-order valence-electron chi connectivity index (χ4n) is 2.81. The van der Waals surface area contributed by atoms with Gasteiger partial charge in [0.15, 0.2) is 0 Å². The number of benzene rings is 1. The van der Waals surface area contributed by atoms with Crippen molar-refractivity contribution < 1.29 is 4.52 Å². The smallest absolute Gasteiger partial charge is 0.228 e. The maximum absolute atomic E-state index is 6.42. The van der Waals surface area contributed by atoms with Crippen molar-refractivity contribution >= 4 is 23.2 Å². The molecule has 0 spiro atoms. The first kappa shape index (κ1) is 14.8. The highest BCUT2D eigenvalue weighted by Gasteiger charge is 2.30. The lowest BCUT2D eigenvalue weighted by atomic mass is 9.80. The molecule has 0 aliphatic heterocycles. The monoisotopic (exact) mass is 325 g/mol. The van der Waals surface area contributed by atoms with Crippen LogP contribution in [0.3, 0.4) is 0 Å². The Morgan fingerprint density at radius 3 is 2.62 bits per heavy atom. The third-order valence-corrected chi connectivity index (χ3v) is 4.74. The van der Waals surface area contributed by atoms with Crippen molar-refractivity contribution in [3.05, 3.63) is 34.1 Å². The Morgan fingerprint density at radius 2 is 1.90 bits per heavy atom. The van der Waals surface area contributed by atoms with E-state index >= 15 is 0 Å². The molecule has 112 valence electrons. The van der Waals surface area contributed by atoms with Crippen LogP contribution in [0.1, 0.15) is 38.0 Å². The van der Waals surface area contributed by atoms with Crippen LogP contribution in [0.15, 0.2) is 22.7 Å². The highest BCUT2D eigenvalue weighted by Crippen LogP contribution is 2.30. The van der Waals surface area contributed by atoms with Crippen LogP contribution in [0.4, 0.5) is 0 Å². The zero-order valence-electron chi connectivity index (χ0n) is 11.6. The van der Waals surface area contributed by atoms with Gasteiger partial charge in [0.1, 0.15) is 0 Å². The van der Waals surface area contributed by atoms with Gasteiger partial charge < -0.3 is 10.3 Å². The largest absolute Gasteiger partial charge is 0.339 e. The summed E-state index contributed by atoms with van der Waals surface area (Å²) < 4.78 is 5.34. The Bertz CT molecular complexity index is 636. The molecule has 0 unspecified atom stereocenters. The predicted molar refractivity (Wildman–Crippen MR) is 83.5 cm³/mol. The number of hydrogen-bond donors (Lipinski definition) is 1. The normalized spacial score (nSPS) is 17.9. The molecule has 0 radical (unpaired) electrons. The van der Waals surface area contributed by atoms with E-state index in [-0.39, 0.29) is 5.54 Å². The van der Waals surface area contributed by atoms with Crippen molar-refractivity contribution in [2.24, 2.45) is 5.73 Å². The first-order valence-corrected chi connectivity index (χ1v) is 7.88. The number of aromatic nitrogens is 2. The van der Waals surface area contributed by atoms with E-state index in [9.17, 15) is 0 Å². The highest BCUT2D eigenvalue weighted by molar-refractivity contribution is 6.42. The van der Waals surface area contributed by atoms with Gasteiger partial charge >= 0.3 is 0 Å². The van der Waals surface area contributed by atoms with Gasteiger partial charge in [0.25, 0.3) is 0 Å². The van der Waals surface area contributed by atoms with Crippen molar-refractivity contribution in [1.82, 2.24) is 10.1 Å². The molecule has 1 saturated carbocycles. The predicted octanol–water partition coefficient (Wildman–Crippen LogP) is 4.25. The summed E-state index contributed by atoms with van der Waals surface area (Å²) in [6.07, 6.45) is 6.25. The van der Waals surface area contributed by atoms with Crippen LogP contribution in [0.5, 0.6) is 0 Å². The Kier molecular flexibility index (Phi) is 4.20. The van der Waals surface area contributed by atoms with E-state index in [0.29, 0.717) is 28.2 Å². The van der Waals surface area contributed by atoms with Crippen LogP contribution in [-0.2, 0) is 6.42 Å². The molecule has 1 aliphatic rings. The van der Waals surface area contributed by atoms with E-state index in [4.69, 9.17) is 33.5 Å². The van der Waals surface area contributed by atoms with E-state index in [2.05, 4.69) is 10.1 Å². The second-order valence-electron chi connectivity index (χ2n) is 5.74. The molecular formula is C15H17Cl2N3O. The molecule has 2 N–H and O–H groups in total. The fourth-order valence-corrected chi connectivity index (χ4v) is 3.11. The molecule has 0 saturated heterocycles. The van der Waals surface area contributed by atoms with Gasteiger partial charge in [0, 0.05) is 17.5 Å². The van der Waals surface area contributed by atoms with E-state index in [1.807, 2.05) is 6.07 Å². The Hall–Kier alpha value is -1.10. The first-order chi connectivity index (χ1) is 10.1. The third-order valence-electron chi connectivity index (χ3n) is 4.00. The molecule has 0 bridgehead atoms. The number of hydrogen-bond acceptors (Lipinski definition) is 4. The summed E-state index contributed by atoms with van der Waals surface area (Å²) >= 11 is 11.9. The van der Waals surface area contributed by atoms with Gasteiger partial charge in [-0.2, -0.15) is 4.98 Å². The second kappa shape index (κ2) is 5.95. The van der Waals surface area contributed by atoms with Crippen LogP contribution >= 0.6 is 23.2 Å². The standard InChI is InChI=1S/C15H17Cl2N3O/c16-11-5-4-10(8-12(11)17)14-19-13(21-20-14)9-15(18)6-2-1-3-7-15/h4-5,8H,1-3,6-7,9,18H2. The lowest BCUT2D eigenvalue weighted by Gasteiger charge is -2.31. The number of halogens is 2. The zero-order chi connectivity index (χ0) is 14.9. The molecule has 21 heavy (non-hydrogen) atoms. The molecule has 0 atom stereocenters. The maximum Gasteiger partial charge on any atom is 0.228 e. The van der Waals surface area contributed by atoms with Gasteiger partial charge in [-0.05, 0) is 31.0 Å². The Balaban J connectivity index is 1.78. The molecule has 0 amide bonds. The highest BCUT2D eigenvalue weighted by atomic mass is 35.5. The SMILES string of the molecule is NC1(Cc2nc(-c3ccc(Cl)c(Cl)c3)no2)CCCCC1. The zero-order valence-corrected chi connectivity index (χ0v) is 13.1. The van der Waals surface area contributed by atoms with E-state index < -0.39 is 0 Å². The third kappa shape index (κ3) is 3.39. The van der Waals surface area contributed by atoms with Crippen LogP contribution in [0.2, 0.25) is 10.0 Å². The maximum atomic E-state index is 6.42. The molecule has 1 aromatic heterocycles. The summed E-state index contributed by atoms with van der Waals surface area (Å²) in [5.74, 6) is 1.10. The van der Waals surface area contributed by atoms with Crippen LogP contribution < -0.4 is 5.73 Å². The van der Waals surface area contributed by atoms with Crippen LogP contribution in [0, 0.1) is 0 Å². The summed E-state index contributed by atoms with van der Waals surface area (Å²) in [7, 11) is 0. The number of rotatable bonds is 3. The molecule has 1 fully saturated rings. The van der Waals surface area contributed by atoms with Gasteiger partial charge in [-0.15, -0.1) is 0 Å². The van der Waals surface area contributed by atoms with Crippen molar-refractivity contribution in [3.8, 4) is 11.4 Å². The summed E-state index contributed by atoms with van der Waals surface area (Å²) in [6.45, 7) is 0. The average Bonchev–Trinajstić information content (AvgIpc) is 2.90. The van der Waals surface area contributed by atoms with Crippen LogP contribution in [0.25, 0.3) is 11.4 Å². The number of nitrogens with two attached hydrogens (primary N) is 1. The molecule has 6 heteroatoms. The van der Waals surface area contributed by atoms with E-state index in [1.165, 1.54) is 19.3 Å². The minimum Gasteiger partial charge on any atom is -0.339 e. The lowest BCUT2D eigenvalue weighted by Crippen LogP contribution is -2.43. The van der Waals surface area contributed by atoms with Crippen molar-refractivity contribution in [1.29, 1.82) is 0 Å². The van der Waals surface area contributed by atoms with Gasteiger partial charge in [-0.25, -0.2) is 0 Å². The molecule has 4 nitrogen and oxygen atoms in total. The van der Waals surface area contributed by atoms with E-state index in [1.54, 1.807) is 12.1 Å². The van der Waals surface area contributed by atoms with Crippen LogP contribution in [-0.4, -0.2) is 15.7 Å². The summed E-state index contributed by atoms with van der Waals surface area (Å²) in [5, 5.41) is 4.99. The topological polar surface area (TPSA) is 64.9 Å². The second-order valence-corrected chi connectivity index (χ2v) is 6.55. The van der Waals surface area contributed by atoms with Gasteiger partial charge in [-0.3, -0.25) is 0 Å². The minimum absolute atomic E-state index is 0.209. The number of nitrogens with zero attached hydrogens (tertiary/aromatic N) is 2. The van der Waals surface area contributed by atoms with Crippen molar-refractivity contribution in [2.45, 2.75) is 44.1 Å². The summed E-state index contributed by atoms with van der Waals surface area (Å²) in [5.41, 5.74) is 6.99. The van der Waals surface area contributed by atoms with Gasteiger partial charge in [0.2, 0.25) is 11.7 Å². The van der Waals surface area contributed by atoms with E-state index in [0.717, 1.165) is 18.4 Å². The first-order valence-electron chi connectivity index (χ1n) is 7.13. The Morgan fingerprint density at radius 1 is 1.14 bits per heavy atom. The lowest BCUT2D eigenvalue weighted by molar-refractivity contribution is 0.261. The van der Waals surface area contributed by atoms with Gasteiger partial charge in [0.05, 0.1) is 10.0 Å². The fraction of sp³-hybridized carbons (Fsp3) is 0.467. The Labute approximate surface area is 133 Å². The van der Waals surface area contributed by atoms with Gasteiger partial charge in [-0.1, -0.05) is 47.6 Å². The molecule has 3 rings (SSSR count). The molecule has 1 heterocycles. The molecular weight excluding hydrogens is 309 g/mol. The molecule has 1 aliphatic carbocycles. The van der Waals surface area contributed by atoms with Crippen molar-refractivity contribution in [3.63, 3.8) is 0 Å². The summed E-state index contributed by atoms with van der Waals surface area (Å²) in [4.78, 5) is 4.43.